The van der Waals surface area contributed by atoms with Crippen LogP contribution >= 0.6 is 0 Å². The number of hydrogen-bond acceptors (Lipinski definition) is 6. The predicted molar refractivity (Wildman–Crippen MR) is 111 cm³/mol. The van der Waals surface area contributed by atoms with Gasteiger partial charge in [-0.1, -0.05) is 18.2 Å². The van der Waals surface area contributed by atoms with Gasteiger partial charge in [-0.05, 0) is 65.5 Å². The largest absolute Gasteiger partial charge is 0.594 e. The van der Waals surface area contributed by atoms with E-state index in [1.807, 2.05) is 42.5 Å². The summed E-state index contributed by atoms with van der Waals surface area (Å²) in [7, 11) is 3.18. The van der Waals surface area contributed by atoms with Crippen LogP contribution in [0.25, 0.3) is 22.5 Å². The van der Waals surface area contributed by atoms with E-state index in [9.17, 15) is 5.21 Å². The van der Waals surface area contributed by atoms with Crippen molar-refractivity contribution in [1.29, 1.82) is 0 Å². The Morgan fingerprint density at radius 1 is 0.700 bits per heavy atom. The average Bonchev–Trinajstić information content (AvgIpc) is 2.79. The number of benzene rings is 3. The van der Waals surface area contributed by atoms with E-state index in [-0.39, 0.29) is 6.01 Å². The number of nitrogens with zero attached hydrogens (tertiary/aromatic N) is 3. The number of rotatable bonds is 6. The van der Waals surface area contributed by atoms with Crippen molar-refractivity contribution < 1.29 is 19.1 Å². The molecule has 7 heteroatoms. The maximum Gasteiger partial charge on any atom is 0.386 e. The molecule has 4 rings (SSSR count). The van der Waals surface area contributed by atoms with Gasteiger partial charge in [0.05, 0.1) is 24.9 Å². The minimum absolute atomic E-state index is 0.0423. The molecule has 0 bridgehead atoms. The van der Waals surface area contributed by atoms with Crippen LogP contribution in [0.3, 0.4) is 0 Å². The van der Waals surface area contributed by atoms with Crippen LogP contribution in [0.1, 0.15) is 0 Å². The first-order chi connectivity index (χ1) is 14.7. The van der Waals surface area contributed by atoms with Gasteiger partial charge in [-0.3, -0.25) is 0 Å². The molecule has 7 nitrogen and oxygen atoms in total. The van der Waals surface area contributed by atoms with Crippen molar-refractivity contribution in [1.82, 2.24) is 10.1 Å². The quantitative estimate of drug-likeness (QED) is 0.355. The molecule has 3 aromatic carbocycles. The summed E-state index contributed by atoms with van der Waals surface area (Å²) in [5.41, 5.74) is 2.14. The van der Waals surface area contributed by atoms with E-state index in [0.29, 0.717) is 39.0 Å². The highest BCUT2D eigenvalue weighted by atomic mass is 16.5. The lowest BCUT2D eigenvalue weighted by Gasteiger charge is -2.11. The van der Waals surface area contributed by atoms with Crippen molar-refractivity contribution in [2.75, 3.05) is 14.2 Å². The van der Waals surface area contributed by atoms with E-state index in [2.05, 4.69) is 10.1 Å². The monoisotopic (exact) mass is 401 g/mol. The first-order valence-corrected chi connectivity index (χ1v) is 9.21. The van der Waals surface area contributed by atoms with Crippen LogP contribution in [0, 0.1) is 5.21 Å². The van der Waals surface area contributed by atoms with Crippen LogP contribution in [0.5, 0.6) is 23.3 Å². The van der Waals surface area contributed by atoms with E-state index < -0.39 is 0 Å². The van der Waals surface area contributed by atoms with Gasteiger partial charge in [-0.15, -0.1) is 0 Å². The highest BCUT2D eigenvalue weighted by molar-refractivity contribution is 5.76. The summed E-state index contributed by atoms with van der Waals surface area (Å²) in [5.74, 6) is 1.93. The summed E-state index contributed by atoms with van der Waals surface area (Å²) in [6, 6.07) is 23.4. The zero-order valence-corrected chi connectivity index (χ0v) is 16.5. The minimum Gasteiger partial charge on any atom is -0.594 e. The standard InChI is InChI=1S/C23H19N3O4/c1-28-18-12-8-16(9-13-18)21-22(17-10-14-19(29-2)15-11-17)26(27)25-23(24-21)30-20-6-4-3-5-7-20/h3-15H,1-2H3. The first-order valence-electron chi connectivity index (χ1n) is 9.21. The van der Waals surface area contributed by atoms with Gasteiger partial charge in [0.1, 0.15) is 17.2 Å². The van der Waals surface area contributed by atoms with Gasteiger partial charge in [0, 0.05) is 5.56 Å². The third kappa shape index (κ3) is 4.00. The molecule has 150 valence electrons. The minimum atomic E-state index is -0.0423. The van der Waals surface area contributed by atoms with Gasteiger partial charge in [-0.25, -0.2) is 0 Å². The average molecular weight is 401 g/mol. The van der Waals surface area contributed by atoms with Crippen molar-refractivity contribution in [3.8, 4) is 45.8 Å². The third-order valence-electron chi connectivity index (χ3n) is 4.48. The Morgan fingerprint density at radius 3 is 1.83 bits per heavy atom. The lowest BCUT2D eigenvalue weighted by molar-refractivity contribution is -0.658. The molecular formula is C23H19N3O4. The highest BCUT2D eigenvalue weighted by Gasteiger charge is 2.23. The molecule has 0 aliphatic rings. The molecule has 30 heavy (non-hydrogen) atoms. The highest BCUT2D eigenvalue weighted by Crippen LogP contribution is 2.31. The maximum atomic E-state index is 12.9. The van der Waals surface area contributed by atoms with E-state index in [1.165, 1.54) is 0 Å². The molecule has 0 spiro atoms. The second-order valence-electron chi connectivity index (χ2n) is 6.34. The van der Waals surface area contributed by atoms with Crippen LogP contribution in [-0.4, -0.2) is 24.3 Å². The Bertz CT molecular complexity index is 1130. The zero-order chi connectivity index (χ0) is 20.9. The summed E-state index contributed by atoms with van der Waals surface area (Å²) < 4.78 is 16.2. The molecule has 0 saturated carbocycles. The van der Waals surface area contributed by atoms with Gasteiger partial charge < -0.3 is 19.4 Å². The second-order valence-corrected chi connectivity index (χ2v) is 6.34. The fraction of sp³-hybridized carbons (Fsp3) is 0.0870. The summed E-state index contributed by atoms with van der Waals surface area (Å²) in [5, 5.41) is 16.9. The Kier molecular flexibility index (Phi) is 5.43. The lowest BCUT2D eigenvalue weighted by atomic mass is 10.0. The summed E-state index contributed by atoms with van der Waals surface area (Å²) in [6.45, 7) is 0. The molecule has 0 aliphatic heterocycles. The number of methoxy groups -OCH3 is 2. The molecule has 0 radical (unpaired) electrons. The van der Waals surface area contributed by atoms with Crippen molar-refractivity contribution in [3.05, 3.63) is 84.1 Å². The lowest BCUT2D eigenvalue weighted by Crippen LogP contribution is -2.35. The van der Waals surface area contributed by atoms with Crippen molar-refractivity contribution in [2.45, 2.75) is 0 Å². The molecular weight excluding hydrogens is 382 g/mol. The van der Waals surface area contributed by atoms with Gasteiger partial charge in [0.2, 0.25) is 0 Å². The van der Waals surface area contributed by atoms with Crippen LogP contribution in [0.4, 0.5) is 0 Å². The van der Waals surface area contributed by atoms with Gasteiger partial charge in [-0.2, -0.15) is 4.98 Å². The fourth-order valence-corrected chi connectivity index (χ4v) is 2.97. The predicted octanol–water partition coefficient (Wildman–Crippen LogP) is 4.25. The normalized spacial score (nSPS) is 10.5. The number of hydrogen-bond donors (Lipinski definition) is 0. The molecule has 0 unspecified atom stereocenters. The van der Waals surface area contributed by atoms with Crippen molar-refractivity contribution in [2.24, 2.45) is 0 Å². The van der Waals surface area contributed by atoms with Crippen molar-refractivity contribution >= 4 is 0 Å². The Balaban J connectivity index is 1.84. The summed E-state index contributed by atoms with van der Waals surface area (Å²) in [4.78, 5) is 5.08. The first kappa shape index (κ1) is 19.2. The number of ether oxygens (including phenoxy) is 3. The fourth-order valence-electron chi connectivity index (χ4n) is 2.97. The number of para-hydroxylation sites is 1. The smallest absolute Gasteiger partial charge is 0.386 e. The van der Waals surface area contributed by atoms with Crippen LogP contribution in [0.15, 0.2) is 78.9 Å². The SMILES string of the molecule is COc1ccc(-c2nc(Oc3ccccc3)n[n+]([O-])c2-c2ccc(OC)cc2)cc1. The molecule has 4 aromatic rings. The molecule has 0 fully saturated rings. The third-order valence-corrected chi connectivity index (χ3v) is 4.48. The summed E-state index contributed by atoms with van der Waals surface area (Å²) >= 11 is 0. The molecule has 0 aliphatic carbocycles. The van der Waals surface area contributed by atoms with E-state index in [1.54, 1.807) is 50.6 Å². The Morgan fingerprint density at radius 2 is 1.27 bits per heavy atom. The summed E-state index contributed by atoms with van der Waals surface area (Å²) in [6.07, 6.45) is 0. The van der Waals surface area contributed by atoms with Crippen LogP contribution in [-0.2, 0) is 0 Å². The molecule has 1 aromatic heterocycles. The zero-order valence-electron chi connectivity index (χ0n) is 16.5. The van der Waals surface area contributed by atoms with Gasteiger partial charge in [0.15, 0.2) is 5.69 Å². The molecule has 0 amide bonds. The maximum absolute atomic E-state index is 12.9. The second kappa shape index (κ2) is 8.48. The Labute approximate surface area is 173 Å². The van der Waals surface area contributed by atoms with E-state index in [0.717, 1.165) is 5.56 Å². The van der Waals surface area contributed by atoms with Gasteiger partial charge >= 0.3 is 6.01 Å². The van der Waals surface area contributed by atoms with Gasteiger partial charge in [0.25, 0.3) is 5.69 Å². The van der Waals surface area contributed by atoms with Crippen LogP contribution in [0.2, 0.25) is 0 Å². The molecule has 0 saturated heterocycles. The molecule has 0 N–H and O–H groups in total. The van der Waals surface area contributed by atoms with Crippen LogP contribution < -0.4 is 19.1 Å². The molecule has 1 heterocycles. The Hall–Kier alpha value is -4.13. The van der Waals surface area contributed by atoms with Crippen molar-refractivity contribution in [3.63, 3.8) is 0 Å². The topological polar surface area (TPSA) is 80.4 Å². The number of aromatic nitrogens is 3. The van der Waals surface area contributed by atoms with E-state index in [4.69, 9.17) is 14.2 Å². The molecule has 0 atom stereocenters. The van der Waals surface area contributed by atoms with E-state index >= 15 is 0 Å².